The molecule has 0 aliphatic carbocycles. The second kappa shape index (κ2) is 12.4. The first-order valence-corrected chi connectivity index (χ1v) is 7.51. The van der Waals surface area contributed by atoms with Gasteiger partial charge in [0.1, 0.15) is 0 Å². The first kappa shape index (κ1) is 16.9. The van der Waals surface area contributed by atoms with Gasteiger partial charge in [0, 0.05) is 24.5 Å². The molecule has 0 aliphatic rings. The lowest BCUT2D eigenvalue weighted by molar-refractivity contribution is 0.695. The van der Waals surface area contributed by atoms with Crippen LogP contribution >= 0.6 is 23.2 Å². The highest BCUT2D eigenvalue weighted by Gasteiger charge is 1.94. The lowest BCUT2D eigenvalue weighted by atomic mass is 10.2. The van der Waals surface area contributed by atoms with Crippen molar-refractivity contribution in [3.63, 3.8) is 0 Å². The standard InChI is InChI=1S/C13H24Cl2N2/c1-3-12(10-14)16-8-6-5-7-9-17-13(4-2)11-15/h3-11H2,1-2H3. The minimum absolute atomic E-state index is 0.566. The molecule has 0 radical (unpaired) electrons. The molecule has 0 N–H and O–H groups in total. The van der Waals surface area contributed by atoms with Crippen LogP contribution in [0, 0.1) is 0 Å². The molecule has 0 fully saturated rings. The number of unbranched alkanes of at least 4 members (excludes halogenated alkanes) is 2. The molecule has 2 nitrogen and oxygen atoms in total. The van der Waals surface area contributed by atoms with Crippen molar-refractivity contribution in [2.45, 2.75) is 46.0 Å². The summed E-state index contributed by atoms with van der Waals surface area (Å²) in [7, 11) is 0. The van der Waals surface area contributed by atoms with Gasteiger partial charge in [0.15, 0.2) is 0 Å². The van der Waals surface area contributed by atoms with E-state index in [1.165, 1.54) is 6.42 Å². The van der Waals surface area contributed by atoms with Crippen LogP contribution < -0.4 is 0 Å². The van der Waals surface area contributed by atoms with Crippen molar-refractivity contribution in [2.75, 3.05) is 24.8 Å². The van der Waals surface area contributed by atoms with Crippen LogP contribution in [0.1, 0.15) is 46.0 Å². The summed E-state index contributed by atoms with van der Waals surface area (Å²) in [6.07, 6.45) is 5.34. The highest BCUT2D eigenvalue weighted by molar-refractivity contribution is 6.28. The molecule has 0 aromatic rings. The third kappa shape index (κ3) is 9.61. The molecule has 100 valence electrons. The Labute approximate surface area is 116 Å². The predicted octanol–water partition coefficient (Wildman–Crippen LogP) is 4.34. The maximum Gasteiger partial charge on any atom is 0.0603 e. The maximum atomic E-state index is 5.74. The summed E-state index contributed by atoms with van der Waals surface area (Å²) in [5, 5.41) is 0. The van der Waals surface area contributed by atoms with Crippen LogP contribution in [0.15, 0.2) is 9.98 Å². The van der Waals surface area contributed by atoms with E-state index >= 15 is 0 Å². The van der Waals surface area contributed by atoms with Crippen LogP contribution in [-0.2, 0) is 0 Å². The Hall–Kier alpha value is -0.0800. The second-order valence-corrected chi connectivity index (χ2v) is 4.47. The zero-order chi connectivity index (χ0) is 12.9. The number of alkyl halides is 2. The Balaban J connectivity index is 3.53. The summed E-state index contributed by atoms with van der Waals surface area (Å²) >= 11 is 11.5. The molecular weight excluding hydrogens is 255 g/mol. The SMILES string of the molecule is CCC(CCl)=NCCCCCN=C(CC)CCl. The molecule has 0 aliphatic heterocycles. The molecule has 0 aromatic carbocycles. The van der Waals surface area contributed by atoms with Crippen molar-refractivity contribution < 1.29 is 0 Å². The average Bonchev–Trinajstić information content (AvgIpc) is 2.37. The predicted molar refractivity (Wildman–Crippen MR) is 80.5 cm³/mol. The van der Waals surface area contributed by atoms with Gasteiger partial charge >= 0.3 is 0 Å². The van der Waals surface area contributed by atoms with E-state index in [1.54, 1.807) is 0 Å². The highest BCUT2D eigenvalue weighted by atomic mass is 35.5. The lowest BCUT2D eigenvalue weighted by Gasteiger charge is -2.01. The summed E-state index contributed by atoms with van der Waals surface area (Å²) in [6, 6.07) is 0. The van der Waals surface area contributed by atoms with Crippen molar-refractivity contribution in [2.24, 2.45) is 9.98 Å². The Kier molecular flexibility index (Phi) is 12.3. The van der Waals surface area contributed by atoms with Crippen LogP contribution in [0.4, 0.5) is 0 Å². The third-order valence-electron chi connectivity index (χ3n) is 2.61. The maximum absolute atomic E-state index is 5.74. The summed E-state index contributed by atoms with van der Waals surface area (Å²) in [4.78, 5) is 8.91. The minimum Gasteiger partial charge on any atom is -0.293 e. The second-order valence-electron chi connectivity index (χ2n) is 3.93. The Morgan fingerprint density at radius 2 is 1.18 bits per heavy atom. The molecule has 17 heavy (non-hydrogen) atoms. The van der Waals surface area contributed by atoms with Crippen molar-refractivity contribution in [1.82, 2.24) is 0 Å². The number of aliphatic imine (C=N–C) groups is 2. The fourth-order valence-electron chi connectivity index (χ4n) is 1.37. The van der Waals surface area contributed by atoms with Gasteiger partial charge in [-0.05, 0) is 32.1 Å². The van der Waals surface area contributed by atoms with E-state index in [2.05, 4.69) is 23.8 Å². The Morgan fingerprint density at radius 3 is 1.47 bits per heavy atom. The average molecular weight is 279 g/mol. The van der Waals surface area contributed by atoms with Gasteiger partial charge in [-0.2, -0.15) is 0 Å². The van der Waals surface area contributed by atoms with E-state index < -0.39 is 0 Å². The number of hydrogen-bond acceptors (Lipinski definition) is 2. The molecule has 0 unspecified atom stereocenters. The van der Waals surface area contributed by atoms with Gasteiger partial charge in [0.25, 0.3) is 0 Å². The van der Waals surface area contributed by atoms with E-state index in [0.717, 1.165) is 50.2 Å². The molecule has 0 spiro atoms. The van der Waals surface area contributed by atoms with Crippen LogP contribution in [0.5, 0.6) is 0 Å². The summed E-state index contributed by atoms with van der Waals surface area (Å²) in [6.45, 7) is 5.98. The minimum atomic E-state index is 0.566. The van der Waals surface area contributed by atoms with Crippen LogP contribution in [0.25, 0.3) is 0 Å². The largest absolute Gasteiger partial charge is 0.293 e. The van der Waals surface area contributed by atoms with Crippen LogP contribution in [-0.4, -0.2) is 36.3 Å². The van der Waals surface area contributed by atoms with E-state index in [1.807, 2.05) is 0 Å². The normalized spacial score (nSPS) is 13.2. The number of hydrogen-bond donors (Lipinski definition) is 0. The van der Waals surface area contributed by atoms with Gasteiger partial charge in [0.05, 0.1) is 11.8 Å². The third-order valence-corrected chi connectivity index (χ3v) is 3.23. The fraction of sp³-hybridized carbons (Fsp3) is 0.846. The molecule has 0 rings (SSSR count). The first-order valence-electron chi connectivity index (χ1n) is 6.44. The zero-order valence-corrected chi connectivity index (χ0v) is 12.5. The molecule has 0 atom stereocenters. The summed E-state index contributed by atoms with van der Waals surface area (Å²) in [5.74, 6) is 1.13. The van der Waals surface area contributed by atoms with E-state index in [9.17, 15) is 0 Å². The zero-order valence-electron chi connectivity index (χ0n) is 11.0. The Bertz CT molecular complexity index is 202. The van der Waals surface area contributed by atoms with Gasteiger partial charge in [-0.1, -0.05) is 13.8 Å². The van der Waals surface area contributed by atoms with Gasteiger partial charge in [-0.3, -0.25) is 9.98 Å². The quantitative estimate of drug-likeness (QED) is 0.323. The molecule has 0 saturated heterocycles. The molecule has 0 amide bonds. The topological polar surface area (TPSA) is 24.7 Å². The Morgan fingerprint density at radius 1 is 0.765 bits per heavy atom. The van der Waals surface area contributed by atoms with Crippen LogP contribution in [0.3, 0.4) is 0 Å². The van der Waals surface area contributed by atoms with Gasteiger partial charge in [-0.25, -0.2) is 0 Å². The van der Waals surface area contributed by atoms with E-state index in [0.29, 0.717) is 11.8 Å². The molecule has 0 aromatic heterocycles. The van der Waals surface area contributed by atoms with Crippen molar-refractivity contribution in [1.29, 1.82) is 0 Å². The molecule has 0 saturated carbocycles. The summed E-state index contributed by atoms with van der Waals surface area (Å²) < 4.78 is 0. The van der Waals surface area contributed by atoms with Crippen molar-refractivity contribution in [3.05, 3.63) is 0 Å². The molecule has 4 heteroatoms. The van der Waals surface area contributed by atoms with Crippen molar-refractivity contribution >= 4 is 34.6 Å². The fourth-order valence-corrected chi connectivity index (χ4v) is 1.92. The lowest BCUT2D eigenvalue weighted by Crippen LogP contribution is -2.00. The molecule has 0 bridgehead atoms. The van der Waals surface area contributed by atoms with Gasteiger partial charge in [-0.15, -0.1) is 23.2 Å². The molecule has 0 heterocycles. The van der Waals surface area contributed by atoms with E-state index in [-0.39, 0.29) is 0 Å². The number of nitrogens with zero attached hydrogens (tertiary/aromatic N) is 2. The summed E-state index contributed by atoms with van der Waals surface area (Å²) in [5.41, 5.74) is 2.22. The number of halogens is 2. The van der Waals surface area contributed by atoms with Gasteiger partial charge in [0.2, 0.25) is 0 Å². The van der Waals surface area contributed by atoms with Crippen LogP contribution in [0.2, 0.25) is 0 Å². The monoisotopic (exact) mass is 278 g/mol. The first-order chi connectivity index (χ1) is 8.28. The number of rotatable bonds is 10. The van der Waals surface area contributed by atoms with E-state index in [4.69, 9.17) is 23.2 Å². The van der Waals surface area contributed by atoms with Gasteiger partial charge < -0.3 is 0 Å². The van der Waals surface area contributed by atoms with Crippen molar-refractivity contribution in [3.8, 4) is 0 Å². The smallest absolute Gasteiger partial charge is 0.0603 e. The molecular formula is C13H24Cl2N2. The highest BCUT2D eigenvalue weighted by Crippen LogP contribution is 2.00.